The van der Waals surface area contributed by atoms with E-state index in [2.05, 4.69) is 0 Å². The van der Waals surface area contributed by atoms with Gasteiger partial charge in [-0.25, -0.2) is 0 Å². The molecule has 7 heteroatoms. The van der Waals surface area contributed by atoms with Gasteiger partial charge in [0.15, 0.2) is 3.95 Å². The molecular formula is C23H26F3NOS2. The molecule has 0 aliphatic rings. The third-order valence-corrected chi connectivity index (χ3v) is 6.55. The molecule has 0 aliphatic carbocycles. The molecule has 0 spiro atoms. The second-order valence-corrected chi connectivity index (χ2v) is 11.3. The highest BCUT2D eigenvalue weighted by molar-refractivity contribution is 7.73. The number of aromatic hydroxyl groups is 1. The number of phenols is 1. The second-order valence-electron chi connectivity index (χ2n) is 9.67. The molecule has 0 amide bonds. The lowest BCUT2D eigenvalue weighted by Crippen LogP contribution is -2.18. The molecule has 0 saturated carbocycles. The molecule has 3 rings (SSSR count). The Hall–Kier alpha value is -1.86. The van der Waals surface area contributed by atoms with Crippen LogP contribution in [0.3, 0.4) is 0 Å². The number of fused-ring (bicyclic) bond motifs is 1. The Morgan fingerprint density at radius 3 is 1.93 bits per heavy atom. The molecule has 0 radical (unpaired) electrons. The van der Waals surface area contributed by atoms with Crippen molar-refractivity contribution in [1.29, 1.82) is 0 Å². The Morgan fingerprint density at radius 1 is 0.933 bits per heavy atom. The molecule has 2 nitrogen and oxygen atoms in total. The van der Waals surface area contributed by atoms with E-state index in [1.54, 1.807) is 4.57 Å². The Balaban J connectivity index is 2.20. The van der Waals surface area contributed by atoms with Crippen LogP contribution in [0.4, 0.5) is 13.2 Å². The molecule has 162 valence electrons. The van der Waals surface area contributed by atoms with Gasteiger partial charge in [0, 0.05) is 6.54 Å². The summed E-state index contributed by atoms with van der Waals surface area (Å²) < 4.78 is 42.7. The van der Waals surface area contributed by atoms with Crippen LogP contribution in [0.2, 0.25) is 0 Å². The van der Waals surface area contributed by atoms with E-state index < -0.39 is 11.7 Å². The van der Waals surface area contributed by atoms with Crippen molar-refractivity contribution in [1.82, 2.24) is 4.57 Å². The number of thiazole rings is 1. The lowest BCUT2D eigenvalue weighted by molar-refractivity contribution is -0.137. The summed E-state index contributed by atoms with van der Waals surface area (Å²) in [6.45, 7) is 12.5. The van der Waals surface area contributed by atoms with Crippen molar-refractivity contribution in [3.63, 3.8) is 0 Å². The van der Waals surface area contributed by atoms with E-state index in [0.717, 1.165) is 33.5 Å². The first-order valence-electron chi connectivity index (χ1n) is 9.66. The van der Waals surface area contributed by atoms with Crippen molar-refractivity contribution in [3.05, 3.63) is 56.5 Å². The number of benzene rings is 2. The highest BCUT2D eigenvalue weighted by Crippen LogP contribution is 2.40. The topological polar surface area (TPSA) is 25.2 Å². The minimum absolute atomic E-state index is 0.275. The van der Waals surface area contributed by atoms with Crippen LogP contribution in [0.15, 0.2) is 30.3 Å². The average molecular weight is 454 g/mol. The van der Waals surface area contributed by atoms with E-state index in [0.29, 0.717) is 16.0 Å². The van der Waals surface area contributed by atoms with Crippen LogP contribution in [0.25, 0.3) is 10.2 Å². The number of rotatable bonds is 2. The molecule has 1 N–H and O–H groups in total. The van der Waals surface area contributed by atoms with Gasteiger partial charge in [0.2, 0.25) is 0 Å². The largest absolute Gasteiger partial charge is 0.507 e. The predicted octanol–water partition coefficient (Wildman–Crippen LogP) is 7.80. The minimum atomic E-state index is -4.41. The summed E-state index contributed by atoms with van der Waals surface area (Å²) in [6.07, 6.45) is -4.41. The minimum Gasteiger partial charge on any atom is -0.507 e. The molecule has 0 fully saturated rings. The van der Waals surface area contributed by atoms with Gasteiger partial charge in [0.25, 0.3) is 0 Å². The zero-order valence-corrected chi connectivity index (χ0v) is 19.6. The monoisotopic (exact) mass is 453 g/mol. The number of alkyl halides is 3. The smallest absolute Gasteiger partial charge is 0.416 e. The summed E-state index contributed by atoms with van der Waals surface area (Å²) in [4.78, 5) is 0. The van der Waals surface area contributed by atoms with Crippen LogP contribution in [0.1, 0.15) is 63.8 Å². The summed E-state index contributed by atoms with van der Waals surface area (Å²) in [5, 5.41) is 10.9. The fourth-order valence-corrected chi connectivity index (χ4v) is 4.80. The van der Waals surface area contributed by atoms with Crippen molar-refractivity contribution in [3.8, 4) is 5.75 Å². The molecule has 0 atom stereocenters. The lowest BCUT2D eigenvalue weighted by atomic mass is 9.78. The Kier molecular flexibility index (Phi) is 5.61. The van der Waals surface area contributed by atoms with Crippen LogP contribution >= 0.6 is 23.6 Å². The summed E-state index contributed by atoms with van der Waals surface area (Å²) >= 11 is 6.78. The lowest BCUT2D eigenvalue weighted by Gasteiger charge is -2.28. The maximum Gasteiger partial charge on any atom is 0.416 e. The van der Waals surface area contributed by atoms with Gasteiger partial charge in [-0.05, 0) is 70.1 Å². The molecule has 3 aromatic rings. The number of hydrogen-bond donors (Lipinski definition) is 1. The number of halogens is 3. The zero-order valence-electron chi connectivity index (χ0n) is 17.9. The van der Waals surface area contributed by atoms with Crippen LogP contribution in [0, 0.1) is 3.95 Å². The van der Waals surface area contributed by atoms with Crippen molar-refractivity contribution < 1.29 is 18.3 Å². The van der Waals surface area contributed by atoms with Crippen LogP contribution in [0.5, 0.6) is 5.75 Å². The second kappa shape index (κ2) is 7.38. The molecule has 0 aliphatic heterocycles. The average Bonchev–Trinajstić information content (AvgIpc) is 2.88. The predicted molar refractivity (Wildman–Crippen MR) is 120 cm³/mol. The van der Waals surface area contributed by atoms with Gasteiger partial charge in [0.05, 0.1) is 15.8 Å². The molecule has 1 aromatic heterocycles. The van der Waals surface area contributed by atoms with Crippen LogP contribution in [-0.2, 0) is 23.6 Å². The van der Waals surface area contributed by atoms with E-state index in [1.807, 2.05) is 53.7 Å². The number of nitrogens with zero attached hydrogens (tertiary/aromatic N) is 1. The third kappa shape index (κ3) is 4.42. The highest BCUT2D eigenvalue weighted by atomic mass is 32.1. The fraction of sp³-hybridized carbons (Fsp3) is 0.435. The number of phenolic OH excluding ortho intramolecular Hbond substituents is 1. The Labute approximate surface area is 184 Å². The quantitative estimate of drug-likeness (QED) is 0.401. The summed E-state index contributed by atoms with van der Waals surface area (Å²) in [5.74, 6) is 0.275. The molecule has 1 heterocycles. The van der Waals surface area contributed by atoms with Crippen molar-refractivity contribution in [2.24, 2.45) is 0 Å². The molecule has 0 unspecified atom stereocenters. The Bertz CT molecular complexity index is 1120. The van der Waals surface area contributed by atoms with E-state index >= 15 is 0 Å². The molecular weight excluding hydrogens is 427 g/mol. The van der Waals surface area contributed by atoms with E-state index in [-0.39, 0.29) is 16.6 Å². The summed E-state index contributed by atoms with van der Waals surface area (Å²) in [7, 11) is 0. The zero-order chi connectivity index (χ0) is 22.6. The Morgan fingerprint density at radius 2 is 1.47 bits per heavy atom. The molecule has 0 bridgehead atoms. The van der Waals surface area contributed by atoms with Crippen molar-refractivity contribution in [2.45, 2.75) is 65.1 Å². The van der Waals surface area contributed by atoms with E-state index in [4.69, 9.17) is 12.2 Å². The van der Waals surface area contributed by atoms with Gasteiger partial charge < -0.3 is 9.67 Å². The number of aromatic nitrogens is 1. The SMILES string of the molecule is CC(C)(C)c1cc(Cn2c(=S)sc3ccc(C(F)(F)F)cc32)cc(C(C)(C)C)c1O. The van der Waals surface area contributed by atoms with Crippen LogP contribution < -0.4 is 0 Å². The first kappa shape index (κ1) is 22.8. The molecule has 2 aromatic carbocycles. The van der Waals surface area contributed by atoms with Gasteiger partial charge in [-0.3, -0.25) is 0 Å². The first-order chi connectivity index (χ1) is 13.6. The van der Waals surface area contributed by atoms with Crippen molar-refractivity contribution >= 4 is 33.8 Å². The fourth-order valence-electron chi connectivity index (χ4n) is 3.50. The van der Waals surface area contributed by atoms with Gasteiger partial charge in [-0.15, -0.1) is 11.3 Å². The van der Waals surface area contributed by atoms with Crippen LogP contribution in [-0.4, -0.2) is 9.67 Å². The third-order valence-electron chi connectivity index (χ3n) is 5.12. The highest BCUT2D eigenvalue weighted by Gasteiger charge is 2.31. The van der Waals surface area contributed by atoms with Gasteiger partial charge in [0.1, 0.15) is 5.75 Å². The first-order valence-corrected chi connectivity index (χ1v) is 10.9. The van der Waals surface area contributed by atoms with E-state index in [1.165, 1.54) is 17.4 Å². The van der Waals surface area contributed by atoms with E-state index in [9.17, 15) is 18.3 Å². The summed E-state index contributed by atoms with van der Waals surface area (Å²) in [6, 6.07) is 7.60. The van der Waals surface area contributed by atoms with Gasteiger partial charge in [-0.1, -0.05) is 41.5 Å². The normalized spacial score (nSPS) is 13.2. The van der Waals surface area contributed by atoms with Gasteiger partial charge in [-0.2, -0.15) is 13.2 Å². The maximum absolute atomic E-state index is 13.2. The molecule has 0 saturated heterocycles. The number of hydrogen-bond acceptors (Lipinski definition) is 3. The van der Waals surface area contributed by atoms with Gasteiger partial charge >= 0.3 is 6.18 Å². The standard InChI is InChI=1S/C23H26F3NOS2/c1-21(2,3)15-9-13(10-16(19(15)28)22(4,5)6)12-27-17-11-14(23(24,25)26)7-8-18(17)30-20(27)29/h7-11,28H,12H2,1-6H3. The van der Waals surface area contributed by atoms with Crippen molar-refractivity contribution in [2.75, 3.05) is 0 Å². The maximum atomic E-state index is 13.2. The summed E-state index contributed by atoms with van der Waals surface area (Å²) in [5.41, 5.74) is 1.73. The molecule has 30 heavy (non-hydrogen) atoms.